The van der Waals surface area contributed by atoms with Gasteiger partial charge in [-0.15, -0.1) is 10.8 Å². The average Bonchev–Trinajstić information content (AvgIpc) is 3.62. The van der Waals surface area contributed by atoms with Gasteiger partial charge in [-0.25, -0.2) is 23.3 Å². The molecule has 4 aromatic rings. The lowest BCUT2D eigenvalue weighted by Gasteiger charge is -2.37. The highest BCUT2D eigenvalue weighted by Gasteiger charge is 2.38. The number of aryl methyl sites for hydroxylation is 1. The first-order valence-corrected chi connectivity index (χ1v) is 15.9. The molecule has 10 nitrogen and oxygen atoms in total. The van der Waals surface area contributed by atoms with Crippen LogP contribution in [0.4, 0.5) is 14.6 Å². The average molecular weight is 625 g/mol. The number of benzene rings is 1. The monoisotopic (exact) mass is 624 g/mol. The Hall–Kier alpha value is -3.04. The number of ether oxygens (including phenoxy) is 1. The number of fused-ring (bicyclic) bond motifs is 3. The molecule has 1 fully saturated rings. The highest BCUT2D eigenvalue weighted by Crippen LogP contribution is 2.50. The van der Waals surface area contributed by atoms with Crippen molar-refractivity contribution in [2.45, 2.75) is 38.9 Å². The summed E-state index contributed by atoms with van der Waals surface area (Å²) in [6.07, 6.45) is 1.56. The lowest BCUT2D eigenvalue weighted by atomic mass is 9.95. The van der Waals surface area contributed by atoms with Crippen LogP contribution in [-0.2, 0) is 24.3 Å². The Morgan fingerprint density at radius 3 is 2.78 bits per heavy atom. The predicted octanol–water partition coefficient (Wildman–Crippen LogP) is 5.44. The molecule has 1 amide bonds. The zero-order valence-corrected chi connectivity index (χ0v) is 24.4. The highest BCUT2D eigenvalue weighted by molar-refractivity contribution is 8.25. The van der Waals surface area contributed by atoms with Crippen LogP contribution in [0.3, 0.4) is 0 Å². The first-order chi connectivity index (χ1) is 19.7. The van der Waals surface area contributed by atoms with Gasteiger partial charge in [-0.3, -0.25) is 18.2 Å². The summed E-state index contributed by atoms with van der Waals surface area (Å²) in [4.78, 5) is 24.8. The number of halogens is 3. The van der Waals surface area contributed by atoms with Gasteiger partial charge >= 0.3 is 0 Å². The Balaban J connectivity index is 1.30. The maximum absolute atomic E-state index is 15.3. The van der Waals surface area contributed by atoms with E-state index in [0.29, 0.717) is 65.2 Å². The number of hydrogen-bond acceptors (Lipinski definition) is 9. The molecule has 0 saturated carbocycles. The van der Waals surface area contributed by atoms with Crippen molar-refractivity contribution < 1.29 is 27.4 Å². The van der Waals surface area contributed by atoms with Gasteiger partial charge < -0.3 is 9.64 Å². The van der Waals surface area contributed by atoms with Gasteiger partial charge in [-0.05, 0) is 37.1 Å². The first kappa shape index (κ1) is 28.1. The van der Waals surface area contributed by atoms with E-state index in [2.05, 4.69) is 15.1 Å². The van der Waals surface area contributed by atoms with Crippen molar-refractivity contribution in [3.05, 3.63) is 68.8 Å². The molecule has 1 atom stereocenters. The van der Waals surface area contributed by atoms with E-state index in [1.54, 1.807) is 18.2 Å². The minimum Gasteiger partial charge on any atom is -0.482 e. The zero-order chi connectivity index (χ0) is 28.9. The normalized spacial score (nSPS) is 19.0. The van der Waals surface area contributed by atoms with Crippen LogP contribution >= 0.6 is 33.7 Å². The number of carbonyl (C=O) groups is 1. The van der Waals surface area contributed by atoms with Gasteiger partial charge in [0.2, 0.25) is 4.96 Å². The van der Waals surface area contributed by atoms with E-state index in [-0.39, 0.29) is 28.7 Å². The summed E-state index contributed by atoms with van der Waals surface area (Å²) in [7, 11) is -2.89. The van der Waals surface area contributed by atoms with Crippen molar-refractivity contribution in [2.24, 2.45) is 0 Å². The van der Waals surface area contributed by atoms with Crippen LogP contribution in [0.1, 0.15) is 47.0 Å². The molecule has 1 unspecified atom stereocenters. The Morgan fingerprint density at radius 1 is 1.24 bits per heavy atom. The second-order valence-corrected chi connectivity index (χ2v) is 13.3. The predicted molar refractivity (Wildman–Crippen MR) is 153 cm³/mol. The number of nitrogens with zero attached hydrogens (tertiary/aromatic N) is 6. The van der Waals surface area contributed by atoms with Gasteiger partial charge in [-0.2, -0.15) is 5.10 Å². The fourth-order valence-electron chi connectivity index (χ4n) is 5.31. The number of pyridine rings is 1. The van der Waals surface area contributed by atoms with Crippen LogP contribution in [0, 0.1) is 5.82 Å². The highest BCUT2D eigenvalue weighted by atomic mass is 35.5. The van der Waals surface area contributed by atoms with E-state index in [9.17, 15) is 18.3 Å². The van der Waals surface area contributed by atoms with Gasteiger partial charge in [0.1, 0.15) is 35.1 Å². The third-order valence-corrected chi connectivity index (χ3v) is 10.2. The van der Waals surface area contributed by atoms with E-state index in [4.69, 9.17) is 16.3 Å². The molecule has 1 saturated heterocycles. The molecule has 218 valence electrons. The smallest absolute Gasteiger partial charge is 0.261 e. The minimum absolute atomic E-state index is 0.213. The molecule has 2 aliphatic heterocycles. The summed E-state index contributed by atoms with van der Waals surface area (Å²) < 4.78 is 58.3. The van der Waals surface area contributed by atoms with Crippen LogP contribution in [0.15, 0.2) is 30.3 Å². The summed E-state index contributed by atoms with van der Waals surface area (Å²) in [5.41, 5.74) is 1.95. The topological polar surface area (TPSA) is 116 Å². The number of alkyl halides is 1. The quantitative estimate of drug-likeness (QED) is 0.279. The van der Waals surface area contributed by atoms with E-state index in [0.717, 1.165) is 11.3 Å². The van der Waals surface area contributed by atoms with Crippen LogP contribution < -0.4 is 9.04 Å². The standard InChI is InChI=1S/C26H27ClF2N6O4S2/c1-2-18-20(6-7-21(30-18)34-9-3-11-41(34,37)38)39-14-23(36)33-10-8-19-25(35-26(31-19)40-22(13-28)32-35)24(33)16-5-4-15(27)12-17(16)29/h4-7,12,24,37-38H,2-3,8-11,13-14H2,1H3. The Morgan fingerprint density at radius 2 is 2.07 bits per heavy atom. The molecule has 0 radical (unpaired) electrons. The van der Waals surface area contributed by atoms with Crippen molar-refractivity contribution >= 4 is 50.4 Å². The molecule has 6 rings (SSSR count). The molecule has 2 aliphatic rings. The number of amides is 1. The number of anilines is 1. The largest absolute Gasteiger partial charge is 0.482 e. The summed E-state index contributed by atoms with van der Waals surface area (Å²) in [5, 5.41) is 4.77. The maximum atomic E-state index is 15.3. The minimum atomic E-state index is -2.89. The van der Waals surface area contributed by atoms with Crippen molar-refractivity contribution in [2.75, 3.05) is 29.8 Å². The van der Waals surface area contributed by atoms with Crippen molar-refractivity contribution in [1.82, 2.24) is 24.5 Å². The molecule has 3 aromatic heterocycles. The molecule has 0 bridgehead atoms. The molecule has 41 heavy (non-hydrogen) atoms. The third kappa shape index (κ3) is 5.12. The summed E-state index contributed by atoms with van der Waals surface area (Å²) >= 11 is 7.13. The van der Waals surface area contributed by atoms with E-state index in [1.807, 2.05) is 6.92 Å². The lowest BCUT2D eigenvalue weighted by molar-refractivity contribution is -0.135. The number of imidazole rings is 1. The number of hydrogen-bond donors (Lipinski definition) is 2. The Kier molecular flexibility index (Phi) is 7.53. The van der Waals surface area contributed by atoms with E-state index >= 15 is 4.39 Å². The molecule has 0 spiro atoms. The van der Waals surface area contributed by atoms with Crippen LogP contribution in [0.25, 0.3) is 4.96 Å². The van der Waals surface area contributed by atoms with Gasteiger partial charge in [0, 0.05) is 30.1 Å². The van der Waals surface area contributed by atoms with Gasteiger partial charge in [0.25, 0.3) is 5.91 Å². The third-order valence-electron chi connectivity index (χ3n) is 7.20. The molecular weight excluding hydrogens is 598 g/mol. The summed E-state index contributed by atoms with van der Waals surface area (Å²) in [6.45, 7) is 1.53. The van der Waals surface area contributed by atoms with E-state index < -0.39 is 35.2 Å². The Labute approximate surface area is 245 Å². The van der Waals surface area contributed by atoms with Crippen molar-refractivity contribution in [1.29, 1.82) is 0 Å². The van der Waals surface area contributed by atoms with Crippen LogP contribution in [0.5, 0.6) is 5.75 Å². The van der Waals surface area contributed by atoms with Crippen molar-refractivity contribution in [3.63, 3.8) is 0 Å². The van der Waals surface area contributed by atoms with Gasteiger partial charge in [0.15, 0.2) is 6.61 Å². The van der Waals surface area contributed by atoms with E-state index in [1.165, 1.54) is 25.9 Å². The fourth-order valence-corrected chi connectivity index (χ4v) is 7.80. The molecule has 2 N–H and O–H groups in total. The van der Waals surface area contributed by atoms with Crippen LogP contribution in [0.2, 0.25) is 5.02 Å². The zero-order valence-electron chi connectivity index (χ0n) is 22.0. The molecule has 0 aliphatic carbocycles. The van der Waals surface area contributed by atoms with Crippen LogP contribution in [-0.4, -0.2) is 64.9 Å². The summed E-state index contributed by atoms with van der Waals surface area (Å²) in [5.74, 6) is 0.151. The molecule has 1 aromatic carbocycles. The number of rotatable bonds is 7. The number of aromatic nitrogens is 4. The van der Waals surface area contributed by atoms with Crippen molar-refractivity contribution in [3.8, 4) is 5.75 Å². The first-order valence-electron chi connectivity index (χ1n) is 13.0. The molecule has 15 heteroatoms. The van der Waals surface area contributed by atoms with Gasteiger partial charge in [0.05, 0.1) is 22.8 Å². The lowest BCUT2D eigenvalue weighted by Crippen LogP contribution is -2.43. The Bertz CT molecular complexity index is 1630. The molecule has 5 heterocycles. The van der Waals surface area contributed by atoms with Gasteiger partial charge in [-0.1, -0.05) is 35.9 Å². The SMILES string of the molecule is CCc1nc(N2CCCS2(O)O)ccc1OCC(=O)N1CCc2nc3sc(CF)nn3c2C1c1ccc(Cl)cc1F. The second-order valence-electron chi connectivity index (χ2n) is 9.72. The molecular formula is C26H27ClF2N6O4S2. The summed E-state index contributed by atoms with van der Waals surface area (Å²) in [6, 6.07) is 6.69. The fraction of sp³-hybridized carbons (Fsp3) is 0.385. The number of carbonyl (C=O) groups excluding carboxylic acids is 1. The second kappa shape index (κ2) is 11.0. The maximum Gasteiger partial charge on any atom is 0.261 e.